The fourth-order valence-electron chi connectivity index (χ4n) is 3.08. The van der Waals surface area contributed by atoms with Crippen molar-refractivity contribution in [2.24, 2.45) is 0 Å². The minimum atomic E-state index is -1.17. The lowest BCUT2D eigenvalue weighted by Crippen LogP contribution is -2.35. The molecule has 5 heteroatoms. The summed E-state index contributed by atoms with van der Waals surface area (Å²) in [6.45, 7) is 2.66. The summed E-state index contributed by atoms with van der Waals surface area (Å²) in [5.41, 5.74) is 1.22. The van der Waals surface area contributed by atoms with E-state index >= 15 is 0 Å². The van der Waals surface area contributed by atoms with Crippen LogP contribution in [0.4, 0.5) is 0 Å². The zero-order valence-corrected chi connectivity index (χ0v) is 12.2. The summed E-state index contributed by atoms with van der Waals surface area (Å²) in [6.07, 6.45) is 0.892. The maximum absolute atomic E-state index is 12.5. The Kier molecular flexibility index (Phi) is 3.71. The van der Waals surface area contributed by atoms with Crippen molar-refractivity contribution in [1.82, 2.24) is 4.90 Å². The third-order valence-electron chi connectivity index (χ3n) is 4.27. The second kappa shape index (κ2) is 5.67. The van der Waals surface area contributed by atoms with Gasteiger partial charge in [0.25, 0.3) is 5.91 Å². The summed E-state index contributed by atoms with van der Waals surface area (Å²) in [6, 6.07) is 12.9. The summed E-state index contributed by atoms with van der Waals surface area (Å²) in [5.74, 6) is -1.26. The van der Waals surface area contributed by atoms with Gasteiger partial charge in [0.05, 0.1) is 0 Å². The van der Waals surface area contributed by atoms with Gasteiger partial charge in [-0.2, -0.15) is 0 Å². The summed E-state index contributed by atoms with van der Waals surface area (Å²) >= 11 is 0. The molecule has 2 aromatic rings. The van der Waals surface area contributed by atoms with Gasteiger partial charge in [-0.25, -0.2) is 4.79 Å². The molecule has 0 unspecified atom stereocenters. The van der Waals surface area contributed by atoms with E-state index in [1.165, 1.54) is 17.7 Å². The molecule has 0 aliphatic carbocycles. The molecule has 1 saturated heterocycles. The van der Waals surface area contributed by atoms with Crippen LogP contribution in [0, 0.1) is 0 Å². The first-order valence-electron chi connectivity index (χ1n) is 7.27. The summed E-state index contributed by atoms with van der Waals surface area (Å²) in [5, 5.41) is 8.87. The Bertz CT molecular complexity index is 692. The van der Waals surface area contributed by atoms with Gasteiger partial charge in [-0.15, -0.1) is 0 Å². The Hall–Kier alpha value is -2.56. The van der Waals surface area contributed by atoms with E-state index in [4.69, 9.17) is 9.52 Å². The predicted molar refractivity (Wildman–Crippen MR) is 80.0 cm³/mol. The summed E-state index contributed by atoms with van der Waals surface area (Å²) < 4.78 is 5.12. The molecule has 2 atom stereocenters. The second-order valence-electron chi connectivity index (χ2n) is 5.51. The van der Waals surface area contributed by atoms with Crippen molar-refractivity contribution in [2.45, 2.75) is 25.3 Å². The van der Waals surface area contributed by atoms with E-state index < -0.39 is 5.97 Å². The predicted octanol–water partition coefficient (Wildman–Crippen LogP) is 3.00. The lowest BCUT2D eigenvalue weighted by molar-refractivity contribution is 0.0647. The van der Waals surface area contributed by atoms with Gasteiger partial charge in [-0.3, -0.25) is 4.79 Å². The molecule has 1 aliphatic rings. The molecule has 1 amide bonds. The van der Waals surface area contributed by atoms with Gasteiger partial charge < -0.3 is 14.4 Å². The normalized spacial score (nSPS) is 21.0. The zero-order chi connectivity index (χ0) is 15.7. The fraction of sp³-hybridized carbons (Fsp3) is 0.294. The molecule has 0 radical (unpaired) electrons. The molecule has 0 saturated carbocycles. The van der Waals surface area contributed by atoms with Crippen LogP contribution in [0.25, 0.3) is 0 Å². The first-order chi connectivity index (χ1) is 10.6. The van der Waals surface area contributed by atoms with Crippen LogP contribution in [0.15, 0.2) is 46.9 Å². The highest BCUT2D eigenvalue weighted by atomic mass is 16.4. The fourth-order valence-corrected chi connectivity index (χ4v) is 3.08. The van der Waals surface area contributed by atoms with Crippen LogP contribution in [0.5, 0.6) is 0 Å². The molecule has 5 nitrogen and oxygen atoms in total. The molecule has 0 bridgehead atoms. The number of benzene rings is 1. The number of aromatic carboxylic acids is 1. The third kappa shape index (κ3) is 2.50. The number of amides is 1. The molecule has 1 aliphatic heterocycles. The van der Waals surface area contributed by atoms with E-state index in [1.807, 2.05) is 25.1 Å². The lowest BCUT2D eigenvalue weighted by Gasteiger charge is -2.24. The van der Waals surface area contributed by atoms with E-state index in [0.29, 0.717) is 12.5 Å². The standard InChI is InChI=1S/C17H17NO4/c1-11-13(12-5-3-2-4-6-12)9-10-18(11)16(19)14-7-8-15(22-14)17(20)21/h2-8,11,13H,9-10H2,1H3,(H,20,21)/t11-,13-/m1/s1. The van der Waals surface area contributed by atoms with E-state index in [1.54, 1.807) is 4.90 Å². The Morgan fingerprint density at radius 1 is 1.14 bits per heavy atom. The second-order valence-corrected chi connectivity index (χ2v) is 5.51. The number of rotatable bonds is 3. The van der Waals surface area contributed by atoms with Crippen LogP contribution in [-0.4, -0.2) is 34.5 Å². The SMILES string of the molecule is C[C@@H]1[C@H](c2ccccc2)CCN1C(=O)c1ccc(C(=O)O)o1. The minimum Gasteiger partial charge on any atom is -0.475 e. The molecular formula is C17H17NO4. The largest absolute Gasteiger partial charge is 0.475 e. The highest BCUT2D eigenvalue weighted by Gasteiger charge is 2.36. The number of hydrogen-bond donors (Lipinski definition) is 1. The maximum Gasteiger partial charge on any atom is 0.371 e. The Labute approximate surface area is 128 Å². The smallest absolute Gasteiger partial charge is 0.371 e. The molecule has 1 N–H and O–H groups in total. The van der Waals surface area contributed by atoms with Crippen molar-refractivity contribution < 1.29 is 19.1 Å². The summed E-state index contributed by atoms with van der Waals surface area (Å²) in [7, 11) is 0. The molecule has 114 valence electrons. The number of furan rings is 1. The number of hydrogen-bond acceptors (Lipinski definition) is 3. The Balaban J connectivity index is 1.78. The van der Waals surface area contributed by atoms with E-state index in [2.05, 4.69) is 12.1 Å². The third-order valence-corrected chi connectivity index (χ3v) is 4.27. The maximum atomic E-state index is 12.5. The van der Waals surface area contributed by atoms with Gasteiger partial charge in [0.2, 0.25) is 5.76 Å². The lowest BCUT2D eigenvalue weighted by atomic mass is 9.93. The van der Waals surface area contributed by atoms with Crippen molar-refractivity contribution in [3.05, 3.63) is 59.5 Å². The monoisotopic (exact) mass is 299 g/mol. The van der Waals surface area contributed by atoms with Gasteiger partial charge in [0, 0.05) is 18.5 Å². The highest BCUT2D eigenvalue weighted by Crippen LogP contribution is 2.34. The first kappa shape index (κ1) is 14.4. The number of carboxylic acid groups (broad SMARTS) is 1. The Morgan fingerprint density at radius 3 is 2.45 bits per heavy atom. The first-order valence-corrected chi connectivity index (χ1v) is 7.27. The van der Waals surface area contributed by atoms with Gasteiger partial charge in [0.1, 0.15) is 0 Å². The number of carbonyl (C=O) groups is 2. The molecule has 2 heterocycles. The van der Waals surface area contributed by atoms with Crippen molar-refractivity contribution in [3.63, 3.8) is 0 Å². The topological polar surface area (TPSA) is 70.8 Å². The summed E-state index contributed by atoms with van der Waals surface area (Å²) in [4.78, 5) is 25.1. The van der Waals surface area contributed by atoms with Gasteiger partial charge >= 0.3 is 5.97 Å². The van der Waals surface area contributed by atoms with Crippen LogP contribution >= 0.6 is 0 Å². The highest BCUT2D eigenvalue weighted by molar-refractivity contribution is 5.94. The van der Waals surface area contributed by atoms with Crippen LogP contribution in [-0.2, 0) is 0 Å². The molecule has 22 heavy (non-hydrogen) atoms. The van der Waals surface area contributed by atoms with Crippen molar-refractivity contribution in [2.75, 3.05) is 6.54 Å². The number of likely N-dealkylation sites (tertiary alicyclic amines) is 1. The van der Waals surface area contributed by atoms with Crippen LogP contribution in [0.2, 0.25) is 0 Å². The molecule has 1 aromatic heterocycles. The van der Waals surface area contributed by atoms with Crippen molar-refractivity contribution in [1.29, 1.82) is 0 Å². The number of nitrogens with zero attached hydrogens (tertiary/aromatic N) is 1. The minimum absolute atomic E-state index is 0.0493. The van der Waals surface area contributed by atoms with Crippen molar-refractivity contribution >= 4 is 11.9 Å². The molecule has 0 spiro atoms. The average Bonchev–Trinajstić information content (AvgIpc) is 3.14. The van der Waals surface area contributed by atoms with Gasteiger partial charge in [-0.1, -0.05) is 30.3 Å². The molecular weight excluding hydrogens is 282 g/mol. The molecule has 3 rings (SSSR count). The van der Waals surface area contributed by atoms with E-state index in [0.717, 1.165) is 6.42 Å². The van der Waals surface area contributed by atoms with Crippen LogP contribution in [0.3, 0.4) is 0 Å². The number of carboxylic acids is 1. The average molecular weight is 299 g/mol. The Morgan fingerprint density at radius 2 is 1.82 bits per heavy atom. The quantitative estimate of drug-likeness (QED) is 0.945. The zero-order valence-electron chi connectivity index (χ0n) is 12.2. The van der Waals surface area contributed by atoms with Gasteiger partial charge in [0.15, 0.2) is 5.76 Å². The van der Waals surface area contributed by atoms with Crippen LogP contribution < -0.4 is 0 Å². The molecule has 1 fully saturated rings. The van der Waals surface area contributed by atoms with E-state index in [9.17, 15) is 9.59 Å². The number of carbonyl (C=O) groups excluding carboxylic acids is 1. The van der Waals surface area contributed by atoms with Crippen LogP contribution in [0.1, 0.15) is 45.9 Å². The van der Waals surface area contributed by atoms with Crippen molar-refractivity contribution in [3.8, 4) is 0 Å². The molecule has 1 aromatic carbocycles. The van der Waals surface area contributed by atoms with Gasteiger partial charge in [-0.05, 0) is 31.0 Å². The van der Waals surface area contributed by atoms with E-state index in [-0.39, 0.29) is 23.5 Å².